The van der Waals surface area contributed by atoms with Gasteiger partial charge in [-0.15, -0.1) is 0 Å². The van der Waals surface area contributed by atoms with Crippen LogP contribution in [0.15, 0.2) is 72.8 Å². The minimum absolute atomic E-state index is 0.143. The Kier molecular flexibility index (Phi) is 4.83. The van der Waals surface area contributed by atoms with Crippen LogP contribution in [0.2, 0.25) is 5.02 Å². The maximum absolute atomic E-state index is 13.4. The van der Waals surface area contributed by atoms with Crippen molar-refractivity contribution < 1.29 is 9.18 Å². The fraction of sp³-hybridized carbons (Fsp3) is 0.120. The third-order valence-corrected chi connectivity index (χ3v) is 5.85. The van der Waals surface area contributed by atoms with Gasteiger partial charge in [0.2, 0.25) is 0 Å². The monoisotopic (exact) mass is 431 g/mol. The molecule has 154 valence electrons. The first kappa shape index (κ1) is 19.5. The number of halogens is 2. The van der Waals surface area contributed by atoms with Crippen LogP contribution in [-0.2, 0) is 6.54 Å². The predicted octanol–water partition coefficient (Wildman–Crippen LogP) is 5.92. The lowest BCUT2D eigenvalue weighted by molar-refractivity contribution is 0.0730. The van der Waals surface area contributed by atoms with E-state index in [1.807, 2.05) is 55.5 Å². The van der Waals surface area contributed by atoms with Crippen LogP contribution in [0.3, 0.4) is 0 Å². The summed E-state index contributed by atoms with van der Waals surface area (Å²) >= 11 is 6.29. The van der Waals surface area contributed by atoms with E-state index < -0.39 is 0 Å². The summed E-state index contributed by atoms with van der Waals surface area (Å²) in [6, 6.07) is 21.4. The van der Waals surface area contributed by atoms with Gasteiger partial charge in [-0.2, -0.15) is 5.10 Å². The van der Waals surface area contributed by atoms with Crippen molar-refractivity contribution in [3.63, 3.8) is 0 Å². The van der Waals surface area contributed by atoms with Gasteiger partial charge in [0.25, 0.3) is 5.91 Å². The normalized spacial score (nSPS) is 15.4. The van der Waals surface area contributed by atoms with Crippen LogP contribution < -0.4 is 0 Å². The van der Waals surface area contributed by atoms with Gasteiger partial charge in [0.1, 0.15) is 11.5 Å². The highest BCUT2D eigenvalue weighted by Crippen LogP contribution is 2.43. The summed E-state index contributed by atoms with van der Waals surface area (Å²) in [6.07, 6.45) is 0. The zero-order chi connectivity index (χ0) is 21.5. The van der Waals surface area contributed by atoms with Gasteiger partial charge < -0.3 is 4.90 Å². The Balaban J connectivity index is 1.64. The lowest BCUT2D eigenvalue weighted by atomic mass is 9.95. The molecule has 1 unspecified atom stereocenters. The first-order chi connectivity index (χ1) is 15.0. The van der Waals surface area contributed by atoms with Crippen molar-refractivity contribution in [2.45, 2.75) is 19.5 Å². The summed E-state index contributed by atoms with van der Waals surface area (Å²) in [5.74, 6) is -0.450. The van der Waals surface area contributed by atoms with E-state index >= 15 is 0 Å². The van der Waals surface area contributed by atoms with Crippen LogP contribution in [0.25, 0.3) is 11.3 Å². The number of amides is 1. The van der Waals surface area contributed by atoms with Crippen molar-refractivity contribution in [3.8, 4) is 11.3 Å². The number of carbonyl (C=O) groups is 1. The standard InChI is InChI=1S/C25H19ClFN3O/c1-15-5-9-17(10-6-15)22-21-23(29-28-22)25(31)30(14-16-7-11-20(27)12-8-16)24(21)18-3-2-4-19(26)13-18/h2-13,24H,14H2,1H3,(H,28,29). The molecule has 0 radical (unpaired) electrons. The van der Waals surface area contributed by atoms with Crippen molar-refractivity contribution in [2.24, 2.45) is 0 Å². The third kappa shape index (κ3) is 3.51. The van der Waals surface area contributed by atoms with Gasteiger partial charge in [-0.05, 0) is 42.3 Å². The van der Waals surface area contributed by atoms with Gasteiger partial charge in [0.15, 0.2) is 0 Å². The van der Waals surface area contributed by atoms with E-state index in [0.717, 1.165) is 33.5 Å². The maximum Gasteiger partial charge on any atom is 0.273 e. The number of hydrogen-bond donors (Lipinski definition) is 1. The van der Waals surface area contributed by atoms with Gasteiger partial charge in [-0.25, -0.2) is 4.39 Å². The second-order valence-electron chi connectivity index (χ2n) is 7.74. The molecule has 1 aliphatic rings. The molecule has 0 bridgehead atoms. The number of H-pyrrole nitrogens is 1. The average molecular weight is 432 g/mol. The van der Waals surface area contributed by atoms with E-state index in [2.05, 4.69) is 10.2 Å². The second kappa shape index (κ2) is 7.67. The molecule has 5 rings (SSSR count). The van der Waals surface area contributed by atoms with Crippen LogP contribution in [0.5, 0.6) is 0 Å². The smallest absolute Gasteiger partial charge is 0.273 e. The summed E-state index contributed by atoms with van der Waals surface area (Å²) in [7, 11) is 0. The van der Waals surface area contributed by atoms with Crippen molar-refractivity contribution in [2.75, 3.05) is 0 Å². The van der Waals surface area contributed by atoms with Crippen molar-refractivity contribution >= 4 is 17.5 Å². The quantitative estimate of drug-likeness (QED) is 0.435. The number of aromatic nitrogens is 2. The van der Waals surface area contributed by atoms with Gasteiger partial charge in [-0.3, -0.25) is 9.89 Å². The van der Waals surface area contributed by atoms with Crippen LogP contribution in [-0.4, -0.2) is 21.0 Å². The number of hydrogen-bond acceptors (Lipinski definition) is 2. The summed E-state index contributed by atoms with van der Waals surface area (Å²) in [6.45, 7) is 2.37. The van der Waals surface area contributed by atoms with Crippen LogP contribution in [0, 0.1) is 12.7 Å². The van der Waals surface area contributed by atoms with E-state index in [9.17, 15) is 9.18 Å². The molecule has 0 spiro atoms. The van der Waals surface area contributed by atoms with Gasteiger partial charge in [-0.1, -0.05) is 65.7 Å². The third-order valence-electron chi connectivity index (χ3n) is 5.62. The molecule has 3 aromatic carbocycles. The molecule has 1 aromatic heterocycles. The first-order valence-corrected chi connectivity index (χ1v) is 10.4. The molecule has 4 aromatic rings. The molecule has 4 nitrogen and oxygen atoms in total. The van der Waals surface area contributed by atoms with Gasteiger partial charge >= 0.3 is 0 Å². The number of nitrogens with one attached hydrogen (secondary N) is 1. The van der Waals surface area contributed by atoms with E-state index in [4.69, 9.17) is 11.6 Å². The number of nitrogens with zero attached hydrogens (tertiary/aromatic N) is 2. The summed E-state index contributed by atoms with van der Waals surface area (Å²) in [5, 5.41) is 8.04. The Hall–Kier alpha value is -3.44. The Morgan fingerprint density at radius 2 is 1.81 bits per heavy atom. The Labute approximate surface area is 184 Å². The molecule has 6 heteroatoms. The molecule has 1 aliphatic heterocycles. The molecule has 0 saturated carbocycles. The van der Waals surface area contributed by atoms with Crippen molar-refractivity contribution in [3.05, 3.63) is 112 Å². The van der Waals surface area contributed by atoms with E-state index in [-0.39, 0.29) is 17.8 Å². The van der Waals surface area contributed by atoms with Crippen molar-refractivity contribution in [1.82, 2.24) is 15.1 Å². The molecular weight excluding hydrogens is 413 g/mol. The number of aromatic amines is 1. The van der Waals surface area contributed by atoms with Gasteiger partial charge in [0.05, 0.1) is 11.7 Å². The van der Waals surface area contributed by atoms with E-state index in [1.165, 1.54) is 12.1 Å². The topological polar surface area (TPSA) is 49.0 Å². The van der Waals surface area contributed by atoms with E-state index in [1.54, 1.807) is 17.0 Å². The predicted molar refractivity (Wildman–Crippen MR) is 118 cm³/mol. The fourth-order valence-corrected chi connectivity index (χ4v) is 4.30. The molecule has 2 heterocycles. The van der Waals surface area contributed by atoms with Crippen LogP contribution >= 0.6 is 11.6 Å². The lowest BCUT2D eigenvalue weighted by Gasteiger charge is -2.26. The summed E-state index contributed by atoms with van der Waals surface area (Å²) in [4.78, 5) is 15.2. The molecule has 0 saturated heterocycles. The summed E-state index contributed by atoms with van der Waals surface area (Å²) in [5.41, 5.74) is 5.88. The van der Waals surface area contributed by atoms with E-state index in [0.29, 0.717) is 17.3 Å². The van der Waals surface area contributed by atoms with Crippen LogP contribution in [0.1, 0.15) is 38.8 Å². The summed E-state index contributed by atoms with van der Waals surface area (Å²) < 4.78 is 13.4. The second-order valence-corrected chi connectivity index (χ2v) is 8.18. The molecule has 0 fully saturated rings. The molecule has 31 heavy (non-hydrogen) atoms. The largest absolute Gasteiger partial charge is 0.322 e. The number of benzene rings is 3. The molecule has 1 N–H and O–H groups in total. The zero-order valence-electron chi connectivity index (χ0n) is 16.8. The number of rotatable bonds is 4. The molecule has 1 atom stereocenters. The Morgan fingerprint density at radius 3 is 2.52 bits per heavy atom. The maximum atomic E-state index is 13.4. The number of aryl methyl sites for hydroxylation is 1. The highest BCUT2D eigenvalue weighted by Gasteiger charge is 2.42. The molecular formula is C25H19ClFN3O. The highest BCUT2D eigenvalue weighted by molar-refractivity contribution is 6.30. The Morgan fingerprint density at radius 1 is 1.06 bits per heavy atom. The zero-order valence-corrected chi connectivity index (χ0v) is 17.5. The average Bonchev–Trinajstić information content (AvgIpc) is 3.30. The number of fused-ring (bicyclic) bond motifs is 1. The lowest BCUT2D eigenvalue weighted by Crippen LogP contribution is -2.29. The molecule has 1 amide bonds. The highest BCUT2D eigenvalue weighted by atomic mass is 35.5. The fourth-order valence-electron chi connectivity index (χ4n) is 4.10. The van der Waals surface area contributed by atoms with Crippen molar-refractivity contribution in [1.29, 1.82) is 0 Å². The first-order valence-electron chi connectivity index (χ1n) is 9.97. The van der Waals surface area contributed by atoms with Crippen LogP contribution in [0.4, 0.5) is 4.39 Å². The minimum Gasteiger partial charge on any atom is -0.322 e. The minimum atomic E-state index is -0.360. The Bertz CT molecular complexity index is 1260. The SMILES string of the molecule is Cc1ccc(-c2n[nH]c3c2C(c2cccc(Cl)c2)N(Cc2ccc(F)cc2)C3=O)cc1. The van der Waals surface area contributed by atoms with Gasteiger partial charge in [0, 0.05) is 22.7 Å². The molecule has 0 aliphatic carbocycles. The number of carbonyl (C=O) groups excluding carboxylic acids is 1.